The second-order valence-corrected chi connectivity index (χ2v) is 5.72. The van der Waals surface area contributed by atoms with Crippen LogP contribution in [0.3, 0.4) is 0 Å². The fourth-order valence-corrected chi connectivity index (χ4v) is 3.68. The number of hydrogen-bond donors (Lipinski definition) is 1. The third-order valence-corrected chi connectivity index (χ3v) is 4.45. The van der Waals surface area contributed by atoms with Crippen LogP contribution in [0.1, 0.15) is 10.4 Å². The molecule has 84 valence electrons. The van der Waals surface area contributed by atoms with Crippen molar-refractivity contribution >= 4 is 21.4 Å². The van der Waals surface area contributed by atoms with Crippen molar-refractivity contribution in [3.05, 3.63) is 34.7 Å². The Morgan fingerprint density at radius 1 is 1.38 bits per heavy atom. The van der Waals surface area contributed by atoms with Gasteiger partial charge in [0.2, 0.25) is 0 Å². The molecule has 1 N–H and O–H groups in total. The first kappa shape index (κ1) is 10.3. The summed E-state index contributed by atoms with van der Waals surface area (Å²) < 4.78 is 6.60. The van der Waals surface area contributed by atoms with Crippen molar-refractivity contribution in [2.75, 3.05) is 19.8 Å². The highest BCUT2D eigenvalue weighted by Crippen LogP contribution is 2.42. The van der Waals surface area contributed by atoms with Crippen LogP contribution in [-0.2, 0) is 10.2 Å². The maximum Gasteiger partial charge on any atom is 0.0667 e. The molecule has 16 heavy (non-hydrogen) atoms. The van der Waals surface area contributed by atoms with Crippen LogP contribution in [0.15, 0.2) is 24.3 Å². The van der Waals surface area contributed by atoms with Gasteiger partial charge >= 0.3 is 0 Å². The smallest absolute Gasteiger partial charge is 0.0667 e. The van der Waals surface area contributed by atoms with Gasteiger partial charge in [-0.2, -0.15) is 0 Å². The Morgan fingerprint density at radius 3 is 2.75 bits per heavy atom. The molecule has 2 heterocycles. The number of aliphatic hydroxyl groups is 1. The highest BCUT2D eigenvalue weighted by atomic mass is 32.1. The second-order valence-electron chi connectivity index (χ2n) is 4.46. The number of ether oxygens (including phenoxy) is 1. The average molecular weight is 234 g/mol. The van der Waals surface area contributed by atoms with Crippen LogP contribution in [0.25, 0.3) is 10.1 Å². The SMILES string of the molecule is Cc1sc2ccccc2c1C1(CO)COC1. The molecule has 0 saturated carbocycles. The number of hydrogen-bond acceptors (Lipinski definition) is 3. The van der Waals surface area contributed by atoms with Gasteiger partial charge in [-0.3, -0.25) is 0 Å². The van der Waals surface area contributed by atoms with Crippen LogP contribution in [0.2, 0.25) is 0 Å². The topological polar surface area (TPSA) is 29.5 Å². The van der Waals surface area contributed by atoms with Crippen LogP contribution in [0.4, 0.5) is 0 Å². The van der Waals surface area contributed by atoms with Crippen LogP contribution in [0.5, 0.6) is 0 Å². The molecule has 2 nitrogen and oxygen atoms in total. The minimum absolute atomic E-state index is 0.149. The summed E-state index contributed by atoms with van der Waals surface area (Å²) in [5.74, 6) is 0. The number of rotatable bonds is 2. The van der Waals surface area contributed by atoms with Gasteiger partial charge in [0, 0.05) is 9.58 Å². The van der Waals surface area contributed by atoms with E-state index in [1.807, 2.05) is 0 Å². The molecule has 0 spiro atoms. The fraction of sp³-hybridized carbons (Fsp3) is 0.385. The molecule has 1 aliphatic rings. The Labute approximate surface area is 98.5 Å². The Bertz CT molecular complexity index is 520. The summed E-state index contributed by atoms with van der Waals surface area (Å²) in [5, 5.41) is 10.9. The Hall–Kier alpha value is -0.900. The standard InChI is InChI=1S/C13H14O2S/c1-9-12(13(6-14)7-15-8-13)10-4-2-3-5-11(10)16-9/h2-5,14H,6-8H2,1H3. The average Bonchev–Trinajstić information content (AvgIpc) is 2.56. The summed E-state index contributed by atoms with van der Waals surface area (Å²) in [6.07, 6.45) is 0. The summed E-state index contributed by atoms with van der Waals surface area (Å²) in [7, 11) is 0. The lowest BCUT2D eigenvalue weighted by atomic mass is 9.78. The van der Waals surface area contributed by atoms with Gasteiger partial charge in [0.15, 0.2) is 0 Å². The summed E-state index contributed by atoms with van der Waals surface area (Å²) >= 11 is 1.80. The van der Waals surface area contributed by atoms with E-state index in [1.54, 1.807) is 11.3 Å². The lowest BCUT2D eigenvalue weighted by Crippen LogP contribution is -2.49. The quantitative estimate of drug-likeness (QED) is 0.865. The number of thiophene rings is 1. The third-order valence-electron chi connectivity index (χ3n) is 3.36. The van der Waals surface area contributed by atoms with Crippen LogP contribution in [0, 0.1) is 6.92 Å². The zero-order valence-electron chi connectivity index (χ0n) is 9.19. The van der Waals surface area contributed by atoms with E-state index in [9.17, 15) is 5.11 Å². The minimum Gasteiger partial charge on any atom is -0.395 e. The zero-order valence-corrected chi connectivity index (χ0v) is 10.0. The molecule has 1 fully saturated rings. The van der Waals surface area contributed by atoms with Crippen molar-refractivity contribution in [1.82, 2.24) is 0 Å². The first-order valence-corrected chi connectivity index (χ1v) is 6.26. The number of benzene rings is 1. The summed E-state index contributed by atoms with van der Waals surface area (Å²) in [5.41, 5.74) is 1.14. The van der Waals surface area contributed by atoms with E-state index in [2.05, 4.69) is 31.2 Å². The molecule has 3 rings (SSSR count). The van der Waals surface area contributed by atoms with Gasteiger partial charge in [0.05, 0.1) is 25.2 Å². The van der Waals surface area contributed by atoms with Crippen LogP contribution in [-0.4, -0.2) is 24.9 Å². The van der Waals surface area contributed by atoms with Crippen molar-refractivity contribution in [3.8, 4) is 0 Å². The number of aliphatic hydroxyl groups excluding tert-OH is 1. The van der Waals surface area contributed by atoms with Gasteiger partial charge in [-0.05, 0) is 23.9 Å². The second kappa shape index (κ2) is 3.55. The predicted octanol–water partition coefficient (Wildman–Crippen LogP) is 2.47. The zero-order chi connectivity index (χ0) is 11.2. The largest absolute Gasteiger partial charge is 0.395 e. The van der Waals surface area contributed by atoms with Crippen molar-refractivity contribution in [2.24, 2.45) is 0 Å². The molecule has 1 aliphatic heterocycles. The van der Waals surface area contributed by atoms with E-state index in [4.69, 9.17) is 4.74 Å². The molecule has 1 aromatic carbocycles. The van der Waals surface area contributed by atoms with Gasteiger partial charge in [-0.25, -0.2) is 0 Å². The van der Waals surface area contributed by atoms with Gasteiger partial charge in [0.25, 0.3) is 0 Å². The molecule has 1 aromatic heterocycles. The van der Waals surface area contributed by atoms with Crippen molar-refractivity contribution in [2.45, 2.75) is 12.3 Å². The predicted molar refractivity (Wildman–Crippen MR) is 66.1 cm³/mol. The van der Waals surface area contributed by atoms with Crippen LogP contribution < -0.4 is 0 Å². The first-order valence-electron chi connectivity index (χ1n) is 5.44. The monoisotopic (exact) mass is 234 g/mol. The lowest BCUT2D eigenvalue weighted by Gasteiger charge is -2.40. The number of fused-ring (bicyclic) bond motifs is 1. The lowest BCUT2D eigenvalue weighted by molar-refractivity contribution is -0.0835. The number of aryl methyl sites for hydroxylation is 1. The van der Waals surface area contributed by atoms with E-state index < -0.39 is 0 Å². The van der Waals surface area contributed by atoms with Crippen molar-refractivity contribution in [3.63, 3.8) is 0 Å². The van der Waals surface area contributed by atoms with E-state index in [1.165, 1.54) is 20.5 Å². The molecule has 1 saturated heterocycles. The Balaban J connectivity index is 2.26. The minimum atomic E-state index is -0.149. The van der Waals surface area contributed by atoms with Crippen LogP contribution >= 0.6 is 11.3 Å². The highest BCUT2D eigenvalue weighted by molar-refractivity contribution is 7.19. The molecule has 0 aliphatic carbocycles. The maximum absolute atomic E-state index is 9.62. The molecule has 2 aromatic rings. The summed E-state index contributed by atoms with van der Waals surface area (Å²) in [6, 6.07) is 8.40. The summed E-state index contributed by atoms with van der Waals surface area (Å²) in [6.45, 7) is 3.60. The fourth-order valence-electron chi connectivity index (χ4n) is 2.49. The van der Waals surface area contributed by atoms with E-state index >= 15 is 0 Å². The Kier molecular flexibility index (Phi) is 2.28. The molecular weight excluding hydrogens is 220 g/mol. The molecule has 0 atom stereocenters. The van der Waals surface area contributed by atoms with E-state index in [-0.39, 0.29) is 12.0 Å². The van der Waals surface area contributed by atoms with Gasteiger partial charge in [0.1, 0.15) is 0 Å². The van der Waals surface area contributed by atoms with E-state index in [0.717, 1.165) is 0 Å². The molecular formula is C13H14O2S. The van der Waals surface area contributed by atoms with Crippen molar-refractivity contribution < 1.29 is 9.84 Å². The molecule has 0 radical (unpaired) electrons. The molecule has 0 bridgehead atoms. The van der Waals surface area contributed by atoms with Gasteiger partial charge in [-0.1, -0.05) is 18.2 Å². The summed E-state index contributed by atoms with van der Waals surface area (Å²) in [4.78, 5) is 1.30. The maximum atomic E-state index is 9.62. The van der Waals surface area contributed by atoms with Gasteiger partial charge < -0.3 is 9.84 Å². The first-order chi connectivity index (χ1) is 7.77. The van der Waals surface area contributed by atoms with Gasteiger partial charge in [-0.15, -0.1) is 11.3 Å². The highest BCUT2D eigenvalue weighted by Gasteiger charge is 2.42. The Morgan fingerprint density at radius 2 is 2.12 bits per heavy atom. The van der Waals surface area contributed by atoms with Crippen molar-refractivity contribution in [1.29, 1.82) is 0 Å². The third kappa shape index (κ3) is 1.25. The molecule has 3 heteroatoms. The molecule has 0 unspecified atom stereocenters. The molecule has 0 amide bonds. The normalized spacial score (nSPS) is 18.6. The van der Waals surface area contributed by atoms with E-state index in [0.29, 0.717) is 13.2 Å².